The molecule has 3 heterocycles. The number of nitrogens with zero attached hydrogens (tertiary/aromatic N) is 4. The zero-order chi connectivity index (χ0) is 19.7. The summed E-state index contributed by atoms with van der Waals surface area (Å²) >= 11 is 0. The number of fused-ring (bicyclic) bond motifs is 1. The van der Waals surface area contributed by atoms with Crippen LogP contribution in [0.15, 0.2) is 24.4 Å². The van der Waals surface area contributed by atoms with Crippen LogP contribution in [0.5, 0.6) is 0 Å². The number of alkyl halides is 3. The van der Waals surface area contributed by atoms with E-state index in [9.17, 15) is 18.0 Å². The molecule has 1 saturated carbocycles. The van der Waals surface area contributed by atoms with Gasteiger partial charge in [-0.05, 0) is 31.0 Å². The summed E-state index contributed by atoms with van der Waals surface area (Å²) in [6, 6.07) is 3.96. The van der Waals surface area contributed by atoms with Gasteiger partial charge in [-0.1, -0.05) is 0 Å². The van der Waals surface area contributed by atoms with E-state index < -0.39 is 11.9 Å². The Morgan fingerprint density at radius 3 is 2.57 bits per heavy atom. The van der Waals surface area contributed by atoms with Gasteiger partial charge in [0.2, 0.25) is 5.91 Å². The molecule has 2 fully saturated rings. The minimum atomic E-state index is -4.46. The predicted octanol–water partition coefficient (Wildman–Crippen LogP) is 2.30. The van der Waals surface area contributed by atoms with Crippen molar-refractivity contribution in [3.05, 3.63) is 30.1 Å². The Balaban J connectivity index is 1.37. The number of carbonyl (C=O) groups excluding carboxylic acids is 1. The summed E-state index contributed by atoms with van der Waals surface area (Å²) in [6.07, 6.45) is -0.952. The van der Waals surface area contributed by atoms with E-state index in [0.717, 1.165) is 51.6 Å². The van der Waals surface area contributed by atoms with Gasteiger partial charge < -0.3 is 10.2 Å². The maximum atomic E-state index is 12.9. The molecule has 1 amide bonds. The number of pyridine rings is 2. The van der Waals surface area contributed by atoms with Gasteiger partial charge in [-0.15, -0.1) is 0 Å². The molecule has 28 heavy (non-hydrogen) atoms. The molecule has 6 nitrogen and oxygen atoms in total. The number of nitrogens with one attached hydrogen (secondary N) is 1. The van der Waals surface area contributed by atoms with Gasteiger partial charge in [-0.25, -0.2) is 9.97 Å². The quantitative estimate of drug-likeness (QED) is 0.845. The monoisotopic (exact) mass is 393 g/mol. The third-order valence-electron chi connectivity index (χ3n) is 5.23. The van der Waals surface area contributed by atoms with Crippen molar-refractivity contribution in [3.63, 3.8) is 0 Å². The number of rotatable bonds is 5. The van der Waals surface area contributed by atoms with Crippen molar-refractivity contribution in [2.24, 2.45) is 5.92 Å². The van der Waals surface area contributed by atoms with Gasteiger partial charge in [0.05, 0.1) is 5.52 Å². The molecule has 0 aromatic carbocycles. The standard InChI is InChI=1S/C19H22F3N5O/c20-19(21,22)16-4-3-14-15(25-16)5-6-23-17(14)27-11-9-26(10-12-27)8-7-24-18(28)13-1-2-13/h3-6,13H,1-2,7-12H2,(H,24,28). The SMILES string of the molecule is O=C(NCCN1CCN(c2nccc3nc(C(F)(F)F)ccc23)CC1)C1CC1. The average molecular weight is 393 g/mol. The predicted molar refractivity (Wildman–Crippen MR) is 98.9 cm³/mol. The number of piperazine rings is 1. The van der Waals surface area contributed by atoms with E-state index >= 15 is 0 Å². The van der Waals surface area contributed by atoms with E-state index in [2.05, 4.69) is 25.1 Å². The molecule has 1 aliphatic heterocycles. The van der Waals surface area contributed by atoms with Gasteiger partial charge in [-0.3, -0.25) is 9.69 Å². The molecule has 2 aliphatic rings. The first-order valence-electron chi connectivity index (χ1n) is 9.50. The number of hydrogen-bond acceptors (Lipinski definition) is 5. The normalized spacial score (nSPS) is 18.5. The van der Waals surface area contributed by atoms with E-state index in [-0.39, 0.29) is 11.8 Å². The summed E-state index contributed by atoms with van der Waals surface area (Å²) in [5.41, 5.74) is -0.597. The highest BCUT2D eigenvalue weighted by Gasteiger charge is 2.33. The van der Waals surface area contributed by atoms with Crippen molar-refractivity contribution in [2.75, 3.05) is 44.2 Å². The number of hydrogen-bond donors (Lipinski definition) is 1. The fourth-order valence-electron chi connectivity index (χ4n) is 3.46. The average Bonchev–Trinajstić information content (AvgIpc) is 3.52. The number of carbonyl (C=O) groups is 1. The van der Waals surface area contributed by atoms with E-state index in [1.165, 1.54) is 18.3 Å². The molecule has 0 atom stereocenters. The Morgan fingerprint density at radius 1 is 1.14 bits per heavy atom. The molecule has 1 saturated heterocycles. The van der Waals surface area contributed by atoms with Crippen LogP contribution in [0, 0.1) is 5.92 Å². The number of aromatic nitrogens is 2. The number of amides is 1. The van der Waals surface area contributed by atoms with Crippen LogP contribution in [-0.2, 0) is 11.0 Å². The van der Waals surface area contributed by atoms with E-state index in [1.807, 2.05) is 0 Å². The third kappa shape index (κ3) is 4.19. The van der Waals surface area contributed by atoms with Crippen LogP contribution >= 0.6 is 0 Å². The molecular weight excluding hydrogens is 371 g/mol. The number of anilines is 1. The van der Waals surface area contributed by atoms with Crippen LogP contribution < -0.4 is 10.2 Å². The lowest BCUT2D eigenvalue weighted by Crippen LogP contribution is -2.48. The first-order chi connectivity index (χ1) is 13.4. The van der Waals surface area contributed by atoms with Crippen molar-refractivity contribution in [2.45, 2.75) is 19.0 Å². The molecular formula is C19H22F3N5O. The summed E-state index contributed by atoms with van der Waals surface area (Å²) in [7, 11) is 0. The highest BCUT2D eigenvalue weighted by atomic mass is 19.4. The molecule has 1 N–H and O–H groups in total. The highest BCUT2D eigenvalue weighted by Crippen LogP contribution is 2.31. The molecule has 2 aromatic heterocycles. The first kappa shape index (κ1) is 18.9. The molecule has 4 rings (SSSR count). The Labute approximate surface area is 160 Å². The van der Waals surface area contributed by atoms with Gasteiger partial charge in [0, 0.05) is 56.8 Å². The van der Waals surface area contributed by atoms with Crippen LogP contribution in [0.2, 0.25) is 0 Å². The summed E-state index contributed by atoms with van der Waals surface area (Å²) in [6.45, 7) is 4.52. The lowest BCUT2D eigenvalue weighted by Gasteiger charge is -2.35. The second kappa shape index (κ2) is 7.54. The van der Waals surface area contributed by atoms with Crippen LogP contribution in [0.1, 0.15) is 18.5 Å². The lowest BCUT2D eigenvalue weighted by molar-refractivity contribution is -0.141. The van der Waals surface area contributed by atoms with Gasteiger partial charge in [0.25, 0.3) is 0 Å². The largest absolute Gasteiger partial charge is 0.433 e. The zero-order valence-corrected chi connectivity index (χ0v) is 15.4. The second-order valence-corrected chi connectivity index (χ2v) is 7.29. The molecule has 0 radical (unpaired) electrons. The molecule has 0 spiro atoms. The lowest BCUT2D eigenvalue weighted by atomic mass is 10.2. The maximum Gasteiger partial charge on any atom is 0.433 e. The van der Waals surface area contributed by atoms with Crippen LogP contribution in [0.25, 0.3) is 10.9 Å². The van der Waals surface area contributed by atoms with E-state index in [4.69, 9.17) is 0 Å². The topological polar surface area (TPSA) is 61.4 Å². The smallest absolute Gasteiger partial charge is 0.355 e. The molecule has 2 aromatic rings. The van der Waals surface area contributed by atoms with Crippen LogP contribution in [0.4, 0.5) is 19.0 Å². The van der Waals surface area contributed by atoms with Crippen molar-refractivity contribution < 1.29 is 18.0 Å². The minimum Gasteiger partial charge on any atom is -0.355 e. The summed E-state index contributed by atoms with van der Waals surface area (Å²) in [4.78, 5) is 24.2. The van der Waals surface area contributed by atoms with Gasteiger partial charge in [-0.2, -0.15) is 13.2 Å². The minimum absolute atomic E-state index is 0.157. The summed E-state index contributed by atoms with van der Waals surface area (Å²) in [5.74, 6) is 1.05. The van der Waals surface area contributed by atoms with Crippen molar-refractivity contribution >= 4 is 22.6 Å². The Hall–Kier alpha value is -2.42. The van der Waals surface area contributed by atoms with Gasteiger partial charge in [0.15, 0.2) is 0 Å². The van der Waals surface area contributed by atoms with Crippen LogP contribution in [-0.4, -0.2) is 60.0 Å². The Bertz CT molecular complexity index is 860. The molecule has 9 heteroatoms. The van der Waals surface area contributed by atoms with Gasteiger partial charge >= 0.3 is 6.18 Å². The molecule has 1 aliphatic carbocycles. The van der Waals surface area contributed by atoms with Crippen molar-refractivity contribution in [3.8, 4) is 0 Å². The molecule has 0 bridgehead atoms. The second-order valence-electron chi connectivity index (χ2n) is 7.29. The molecule has 0 unspecified atom stereocenters. The fraction of sp³-hybridized carbons (Fsp3) is 0.526. The fourth-order valence-corrected chi connectivity index (χ4v) is 3.46. The van der Waals surface area contributed by atoms with E-state index in [0.29, 0.717) is 23.3 Å². The zero-order valence-electron chi connectivity index (χ0n) is 15.4. The summed E-state index contributed by atoms with van der Waals surface area (Å²) < 4.78 is 38.7. The Kier molecular flexibility index (Phi) is 5.09. The third-order valence-corrected chi connectivity index (χ3v) is 5.23. The Morgan fingerprint density at radius 2 is 1.89 bits per heavy atom. The van der Waals surface area contributed by atoms with Crippen molar-refractivity contribution in [1.82, 2.24) is 20.2 Å². The molecule has 150 valence electrons. The highest BCUT2D eigenvalue weighted by molar-refractivity contribution is 5.89. The van der Waals surface area contributed by atoms with Gasteiger partial charge in [0.1, 0.15) is 11.5 Å². The van der Waals surface area contributed by atoms with Crippen LogP contribution in [0.3, 0.4) is 0 Å². The first-order valence-corrected chi connectivity index (χ1v) is 9.50. The van der Waals surface area contributed by atoms with Crippen molar-refractivity contribution in [1.29, 1.82) is 0 Å². The number of halogens is 3. The summed E-state index contributed by atoms with van der Waals surface area (Å²) in [5, 5.41) is 3.60. The van der Waals surface area contributed by atoms with E-state index in [1.54, 1.807) is 0 Å². The maximum absolute atomic E-state index is 12.9.